The average molecular weight is 362 g/mol. The molecule has 0 radical (unpaired) electrons. The lowest BCUT2D eigenvalue weighted by Crippen LogP contribution is -2.27. The number of pyridine rings is 1. The molecule has 1 unspecified atom stereocenters. The normalized spacial score (nSPS) is 14.0. The summed E-state index contributed by atoms with van der Waals surface area (Å²) in [6.45, 7) is 6.98. The molecule has 2 aromatic carbocycles. The summed E-state index contributed by atoms with van der Waals surface area (Å²) in [6, 6.07) is 13.4. The number of rotatable bonds is 3. The van der Waals surface area contributed by atoms with Gasteiger partial charge in [0.15, 0.2) is 11.5 Å². The average Bonchev–Trinajstić information content (AvgIpc) is 2.67. The van der Waals surface area contributed by atoms with E-state index in [1.54, 1.807) is 0 Å². The Morgan fingerprint density at radius 2 is 1.81 bits per heavy atom. The van der Waals surface area contributed by atoms with E-state index in [1.165, 1.54) is 0 Å². The van der Waals surface area contributed by atoms with Crippen LogP contribution in [0.1, 0.15) is 40.1 Å². The number of carbonyl (C=O) groups is 1. The Kier molecular flexibility index (Phi) is 4.44. The Morgan fingerprint density at radius 1 is 1.04 bits per heavy atom. The number of amides is 1. The number of aromatic nitrogens is 1. The van der Waals surface area contributed by atoms with E-state index in [9.17, 15) is 4.79 Å². The zero-order chi connectivity index (χ0) is 19.0. The summed E-state index contributed by atoms with van der Waals surface area (Å²) in [5.41, 5.74) is 4.37. The van der Waals surface area contributed by atoms with Crippen molar-refractivity contribution in [2.24, 2.45) is 0 Å². The molecule has 0 fully saturated rings. The van der Waals surface area contributed by atoms with E-state index in [1.807, 2.05) is 63.2 Å². The van der Waals surface area contributed by atoms with E-state index in [0.717, 1.165) is 39.2 Å². The van der Waals surface area contributed by atoms with Gasteiger partial charge in [-0.2, -0.15) is 0 Å². The van der Waals surface area contributed by atoms with Gasteiger partial charge in [0.25, 0.3) is 5.91 Å². The molecule has 0 spiro atoms. The molecule has 0 saturated carbocycles. The summed E-state index contributed by atoms with van der Waals surface area (Å²) in [6.07, 6.45) is 0. The maximum Gasteiger partial charge on any atom is 0.252 e. The van der Waals surface area contributed by atoms with Crippen LogP contribution in [0.15, 0.2) is 42.5 Å². The summed E-state index contributed by atoms with van der Waals surface area (Å²) in [5, 5.41) is 3.96. The van der Waals surface area contributed by atoms with Gasteiger partial charge in [0.05, 0.1) is 17.1 Å². The lowest BCUT2D eigenvalue weighted by molar-refractivity contribution is 0.0941. The second-order valence-corrected chi connectivity index (χ2v) is 6.93. The third kappa shape index (κ3) is 3.45. The summed E-state index contributed by atoms with van der Waals surface area (Å²) in [5.74, 6) is 1.36. The second-order valence-electron chi connectivity index (χ2n) is 6.93. The Balaban J connectivity index is 1.62. The van der Waals surface area contributed by atoms with E-state index in [0.29, 0.717) is 18.8 Å². The topological polar surface area (TPSA) is 60.5 Å². The molecule has 2 heterocycles. The van der Waals surface area contributed by atoms with Gasteiger partial charge in [-0.25, -0.2) is 0 Å². The monoisotopic (exact) mass is 362 g/mol. The van der Waals surface area contributed by atoms with Gasteiger partial charge in [0.2, 0.25) is 0 Å². The van der Waals surface area contributed by atoms with E-state index in [2.05, 4.69) is 10.3 Å². The number of aryl methyl sites for hydroxylation is 2. The molecular weight excluding hydrogens is 340 g/mol. The van der Waals surface area contributed by atoms with Gasteiger partial charge in [-0.3, -0.25) is 9.78 Å². The van der Waals surface area contributed by atoms with Crippen LogP contribution >= 0.6 is 0 Å². The van der Waals surface area contributed by atoms with Gasteiger partial charge in [-0.15, -0.1) is 0 Å². The molecule has 1 atom stereocenters. The summed E-state index contributed by atoms with van der Waals surface area (Å²) in [7, 11) is 0. The van der Waals surface area contributed by atoms with Gasteiger partial charge in [0.1, 0.15) is 13.2 Å². The van der Waals surface area contributed by atoms with Crippen molar-refractivity contribution in [2.45, 2.75) is 26.8 Å². The molecule has 0 saturated heterocycles. The highest BCUT2D eigenvalue weighted by Gasteiger charge is 2.18. The third-order valence-electron chi connectivity index (χ3n) is 4.75. The molecule has 3 aromatic rings. The molecule has 138 valence electrons. The van der Waals surface area contributed by atoms with Crippen LogP contribution < -0.4 is 14.8 Å². The fourth-order valence-corrected chi connectivity index (χ4v) is 3.35. The maximum atomic E-state index is 13.0. The van der Waals surface area contributed by atoms with Crippen molar-refractivity contribution in [3.05, 3.63) is 64.8 Å². The van der Waals surface area contributed by atoms with Gasteiger partial charge in [0, 0.05) is 11.1 Å². The number of carbonyl (C=O) groups excluding carboxylic acids is 1. The lowest BCUT2D eigenvalue weighted by atomic mass is 10.0. The number of nitrogens with zero attached hydrogens (tertiary/aromatic N) is 1. The first-order valence-corrected chi connectivity index (χ1v) is 9.10. The molecule has 1 aliphatic rings. The molecular formula is C22H22N2O3. The maximum absolute atomic E-state index is 13.0. The fourth-order valence-electron chi connectivity index (χ4n) is 3.35. The molecule has 0 aliphatic carbocycles. The number of ether oxygens (including phenoxy) is 2. The number of benzene rings is 2. The predicted molar refractivity (Wildman–Crippen MR) is 105 cm³/mol. The van der Waals surface area contributed by atoms with Crippen molar-refractivity contribution in [3.63, 3.8) is 0 Å². The molecule has 5 heteroatoms. The van der Waals surface area contributed by atoms with Crippen LogP contribution in [0.5, 0.6) is 11.5 Å². The van der Waals surface area contributed by atoms with Crippen LogP contribution in [0, 0.1) is 13.8 Å². The van der Waals surface area contributed by atoms with E-state index in [4.69, 9.17) is 9.47 Å². The molecule has 4 rings (SSSR count). The van der Waals surface area contributed by atoms with Gasteiger partial charge in [-0.05, 0) is 56.7 Å². The zero-order valence-electron chi connectivity index (χ0n) is 15.7. The Hall–Kier alpha value is -3.08. The minimum absolute atomic E-state index is 0.113. The van der Waals surface area contributed by atoms with E-state index in [-0.39, 0.29) is 11.9 Å². The van der Waals surface area contributed by atoms with Crippen molar-refractivity contribution >= 4 is 16.8 Å². The molecule has 1 N–H and O–H groups in total. The van der Waals surface area contributed by atoms with Crippen LogP contribution in [0.2, 0.25) is 0 Å². The quantitative estimate of drug-likeness (QED) is 0.762. The number of nitrogens with one attached hydrogen (secondary N) is 1. The largest absolute Gasteiger partial charge is 0.486 e. The SMILES string of the molecule is Cc1ccc2nc(C)cc(C(=O)NC(C)c3ccc4c(c3)OCCO4)c2c1. The fraction of sp³-hybridized carbons (Fsp3) is 0.273. The van der Waals surface area contributed by atoms with E-state index < -0.39 is 0 Å². The molecule has 27 heavy (non-hydrogen) atoms. The lowest BCUT2D eigenvalue weighted by Gasteiger charge is -2.21. The van der Waals surface area contributed by atoms with Crippen molar-refractivity contribution in [2.75, 3.05) is 13.2 Å². The van der Waals surface area contributed by atoms with Crippen molar-refractivity contribution in [1.29, 1.82) is 0 Å². The first-order chi connectivity index (χ1) is 13.0. The van der Waals surface area contributed by atoms with Crippen molar-refractivity contribution < 1.29 is 14.3 Å². The van der Waals surface area contributed by atoms with Crippen LogP contribution in [-0.4, -0.2) is 24.1 Å². The highest BCUT2D eigenvalue weighted by atomic mass is 16.6. The summed E-state index contributed by atoms with van der Waals surface area (Å²) >= 11 is 0. The van der Waals surface area contributed by atoms with Crippen LogP contribution in [-0.2, 0) is 0 Å². The molecule has 0 bridgehead atoms. The van der Waals surface area contributed by atoms with Crippen LogP contribution in [0.3, 0.4) is 0 Å². The number of hydrogen-bond donors (Lipinski definition) is 1. The minimum Gasteiger partial charge on any atom is -0.486 e. The molecule has 5 nitrogen and oxygen atoms in total. The van der Waals surface area contributed by atoms with Crippen molar-refractivity contribution in [1.82, 2.24) is 10.3 Å². The highest BCUT2D eigenvalue weighted by molar-refractivity contribution is 6.06. The first-order valence-electron chi connectivity index (χ1n) is 9.10. The molecule has 1 aromatic heterocycles. The molecule has 1 amide bonds. The number of hydrogen-bond acceptors (Lipinski definition) is 4. The predicted octanol–water partition coefficient (Wildman–Crippen LogP) is 4.11. The zero-order valence-corrected chi connectivity index (χ0v) is 15.7. The van der Waals surface area contributed by atoms with Crippen LogP contribution in [0.25, 0.3) is 10.9 Å². The number of fused-ring (bicyclic) bond motifs is 2. The summed E-state index contributed by atoms with van der Waals surface area (Å²) < 4.78 is 11.2. The van der Waals surface area contributed by atoms with Crippen LogP contribution in [0.4, 0.5) is 0 Å². The Morgan fingerprint density at radius 3 is 2.63 bits per heavy atom. The van der Waals surface area contributed by atoms with E-state index >= 15 is 0 Å². The standard InChI is InChI=1S/C22H22N2O3/c1-13-4-6-19-17(10-13)18(11-14(2)23-19)22(25)24-15(3)16-5-7-20-21(12-16)27-9-8-26-20/h4-7,10-12,15H,8-9H2,1-3H3,(H,24,25). The van der Waals surface area contributed by atoms with Gasteiger partial charge >= 0.3 is 0 Å². The Labute approximate surface area is 158 Å². The van der Waals surface area contributed by atoms with Crippen molar-refractivity contribution in [3.8, 4) is 11.5 Å². The Bertz CT molecular complexity index is 1030. The smallest absolute Gasteiger partial charge is 0.252 e. The third-order valence-corrected chi connectivity index (χ3v) is 4.75. The second kappa shape index (κ2) is 6.91. The van der Waals surface area contributed by atoms with Gasteiger partial charge < -0.3 is 14.8 Å². The molecule has 1 aliphatic heterocycles. The highest BCUT2D eigenvalue weighted by Crippen LogP contribution is 2.32. The summed E-state index contributed by atoms with van der Waals surface area (Å²) in [4.78, 5) is 17.5. The van der Waals surface area contributed by atoms with Gasteiger partial charge in [-0.1, -0.05) is 17.7 Å². The first kappa shape index (κ1) is 17.3. The minimum atomic E-state index is -0.165.